The van der Waals surface area contributed by atoms with E-state index < -0.39 is 10.0 Å². The molecule has 0 N–H and O–H groups in total. The molecule has 0 amide bonds. The van der Waals surface area contributed by atoms with E-state index in [1.54, 1.807) is 24.3 Å². The molecule has 9 heteroatoms. The third kappa shape index (κ3) is 4.61. The maximum Gasteiger partial charge on any atom is 0.243 e. The molecule has 31 heavy (non-hydrogen) atoms. The monoisotopic (exact) mass is 456 g/mol. The van der Waals surface area contributed by atoms with Gasteiger partial charge in [0, 0.05) is 42.3 Å². The van der Waals surface area contributed by atoms with E-state index in [0.717, 1.165) is 11.3 Å². The molecule has 2 aromatic carbocycles. The molecule has 0 aliphatic carbocycles. The molecular weight excluding hydrogens is 436 g/mol. The summed E-state index contributed by atoms with van der Waals surface area (Å²) >= 11 is 5.93. The maximum atomic E-state index is 12.9. The molecule has 7 nitrogen and oxygen atoms in total. The molecule has 0 saturated carbocycles. The predicted molar refractivity (Wildman–Crippen MR) is 120 cm³/mol. The highest BCUT2D eigenvalue weighted by molar-refractivity contribution is 7.89. The number of halogens is 1. The second kappa shape index (κ2) is 8.74. The van der Waals surface area contributed by atoms with E-state index in [1.807, 2.05) is 29.2 Å². The second-order valence-corrected chi connectivity index (χ2v) is 9.63. The summed E-state index contributed by atoms with van der Waals surface area (Å²) in [6, 6.07) is 17.2. The van der Waals surface area contributed by atoms with Crippen LogP contribution in [0.25, 0.3) is 11.3 Å². The van der Waals surface area contributed by atoms with Crippen LogP contribution in [0, 0.1) is 0 Å². The molecule has 1 aliphatic rings. The highest BCUT2D eigenvalue weighted by Crippen LogP contribution is 2.23. The number of hydrogen-bond acceptors (Lipinski definition) is 6. The Morgan fingerprint density at radius 1 is 0.871 bits per heavy atom. The fraction of sp³-hybridized carbons (Fsp3) is 0.227. The van der Waals surface area contributed by atoms with Crippen molar-refractivity contribution in [2.45, 2.75) is 11.8 Å². The van der Waals surface area contributed by atoms with Crippen molar-refractivity contribution in [3.8, 4) is 11.3 Å². The minimum atomic E-state index is -3.61. The first-order valence-corrected chi connectivity index (χ1v) is 11.6. The van der Waals surface area contributed by atoms with Gasteiger partial charge in [0.15, 0.2) is 11.6 Å². The Bertz CT molecular complexity index is 1170. The van der Waals surface area contributed by atoms with Crippen molar-refractivity contribution in [3.63, 3.8) is 0 Å². The van der Waals surface area contributed by atoms with Crippen LogP contribution in [0.15, 0.2) is 65.6 Å². The van der Waals surface area contributed by atoms with Gasteiger partial charge in [-0.2, -0.15) is 4.31 Å². The molecule has 0 bridgehead atoms. The third-order valence-electron chi connectivity index (χ3n) is 5.25. The van der Waals surface area contributed by atoms with E-state index in [1.165, 1.54) is 23.4 Å². The van der Waals surface area contributed by atoms with Gasteiger partial charge in [-0.15, -0.1) is 10.2 Å². The first kappa shape index (κ1) is 21.4. The molecule has 1 fully saturated rings. The Morgan fingerprint density at radius 3 is 2.06 bits per heavy atom. The molecule has 160 valence electrons. The van der Waals surface area contributed by atoms with Gasteiger partial charge in [-0.25, -0.2) is 8.42 Å². The first-order chi connectivity index (χ1) is 14.8. The third-order valence-corrected chi connectivity index (χ3v) is 7.42. The van der Waals surface area contributed by atoms with Crippen LogP contribution in [-0.2, 0) is 10.0 Å². The zero-order valence-corrected chi connectivity index (χ0v) is 18.5. The Kier molecular flexibility index (Phi) is 6.04. The Hall–Kier alpha value is -2.81. The molecule has 2 heterocycles. The lowest BCUT2D eigenvalue weighted by atomic mass is 10.1. The molecule has 0 radical (unpaired) electrons. The molecule has 1 aliphatic heterocycles. The quantitative estimate of drug-likeness (QED) is 0.546. The Morgan fingerprint density at radius 2 is 1.52 bits per heavy atom. The SMILES string of the molecule is CC(=O)c1ccc(S(=O)(=O)N2CCN(c3ccc(-c4ccc(Cl)cc4)nn3)CC2)cc1. The summed E-state index contributed by atoms with van der Waals surface area (Å²) in [5.74, 6) is 0.612. The number of piperazine rings is 1. The van der Waals surface area contributed by atoms with E-state index >= 15 is 0 Å². The summed E-state index contributed by atoms with van der Waals surface area (Å²) in [5.41, 5.74) is 2.16. The highest BCUT2D eigenvalue weighted by Gasteiger charge is 2.29. The number of hydrogen-bond donors (Lipinski definition) is 0. The number of Topliss-reactive ketones (excluding diaryl/α,β-unsaturated/α-hetero) is 1. The molecule has 1 aromatic heterocycles. The Balaban J connectivity index is 1.42. The van der Waals surface area contributed by atoms with Crippen molar-refractivity contribution >= 4 is 33.2 Å². The average molecular weight is 457 g/mol. The van der Waals surface area contributed by atoms with Crippen LogP contribution in [0.2, 0.25) is 5.02 Å². The zero-order valence-electron chi connectivity index (χ0n) is 16.9. The van der Waals surface area contributed by atoms with Crippen molar-refractivity contribution in [1.29, 1.82) is 0 Å². The van der Waals surface area contributed by atoms with Crippen molar-refractivity contribution in [3.05, 3.63) is 71.2 Å². The number of nitrogens with zero attached hydrogens (tertiary/aromatic N) is 4. The summed E-state index contributed by atoms with van der Waals surface area (Å²) < 4.78 is 27.3. The van der Waals surface area contributed by atoms with Gasteiger partial charge in [0.1, 0.15) is 0 Å². The molecule has 3 aromatic rings. The smallest absolute Gasteiger partial charge is 0.243 e. The lowest BCUT2D eigenvalue weighted by molar-refractivity contribution is 0.101. The van der Waals surface area contributed by atoms with Crippen molar-refractivity contribution in [2.24, 2.45) is 0 Å². The molecule has 1 saturated heterocycles. The van der Waals surface area contributed by atoms with E-state index in [0.29, 0.717) is 42.6 Å². The van der Waals surface area contributed by atoms with Crippen LogP contribution >= 0.6 is 11.6 Å². The van der Waals surface area contributed by atoms with Crippen LogP contribution in [0.4, 0.5) is 5.82 Å². The lowest BCUT2D eigenvalue weighted by Gasteiger charge is -2.34. The van der Waals surface area contributed by atoms with Crippen LogP contribution in [0.3, 0.4) is 0 Å². The minimum absolute atomic E-state index is 0.0965. The fourth-order valence-corrected chi connectivity index (χ4v) is 4.98. The van der Waals surface area contributed by atoms with E-state index in [-0.39, 0.29) is 10.7 Å². The minimum Gasteiger partial charge on any atom is -0.352 e. The van der Waals surface area contributed by atoms with Crippen LogP contribution in [0.5, 0.6) is 0 Å². The van der Waals surface area contributed by atoms with E-state index in [2.05, 4.69) is 10.2 Å². The van der Waals surface area contributed by atoms with E-state index in [9.17, 15) is 13.2 Å². The molecule has 0 atom stereocenters. The van der Waals surface area contributed by atoms with Gasteiger partial charge in [0.05, 0.1) is 10.6 Å². The standard InChI is InChI=1S/C22H21ClN4O3S/c1-16(28)17-4-8-20(9-5-17)31(29,30)27-14-12-26(13-15-27)22-11-10-21(24-25-22)18-2-6-19(23)7-3-18/h2-11H,12-15H2,1H3. The molecule has 0 spiro atoms. The number of carbonyl (C=O) groups is 1. The summed E-state index contributed by atoms with van der Waals surface area (Å²) in [6.07, 6.45) is 0. The van der Waals surface area contributed by atoms with E-state index in [4.69, 9.17) is 11.6 Å². The van der Waals surface area contributed by atoms with Gasteiger partial charge in [-0.3, -0.25) is 4.79 Å². The summed E-state index contributed by atoms with van der Waals surface area (Å²) in [5, 5.41) is 9.28. The van der Waals surface area contributed by atoms with Crippen LogP contribution in [0.1, 0.15) is 17.3 Å². The summed E-state index contributed by atoms with van der Waals surface area (Å²) in [4.78, 5) is 13.6. The predicted octanol–water partition coefficient (Wildman–Crippen LogP) is 3.51. The molecular formula is C22H21ClN4O3S. The first-order valence-electron chi connectivity index (χ1n) is 9.80. The largest absolute Gasteiger partial charge is 0.352 e. The zero-order chi connectivity index (χ0) is 22.0. The van der Waals surface area contributed by atoms with Gasteiger partial charge in [0.2, 0.25) is 10.0 Å². The van der Waals surface area contributed by atoms with Crippen LogP contribution < -0.4 is 4.90 Å². The Labute approximate surface area is 186 Å². The number of carbonyl (C=O) groups excluding carboxylic acids is 1. The molecule has 4 rings (SSSR count). The van der Waals surface area contributed by atoms with Gasteiger partial charge in [0.25, 0.3) is 0 Å². The second-order valence-electron chi connectivity index (χ2n) is 7.26. The number of rotatable bonds is 5. The van der Waals surface area contributed by atoms with Gasteiger partial charge in [-0.1, -0.05) is 35.9 Å². The average Bonchev–Trinajstić information content (AvgIpc) is 2.80. The normalized spacial score (nSPS) is 15.1. The molecule has 0 unspecified atom stereocenters. The summed E-state index contributed by atoms with van der Waals surface area (Å²) in [6.45, 7) is 3.17. The van der Waals surface area contributed by atoms with Crippen molar-refractivity contribution in [1.82, 2.24) is 14.5 Å². The number of aromatic nitrogens is 2. The number of sulfonamides is 1. The topological polar surface area (TPSA) is 83.5 Å². The van der Waals surface area contributed by atoms with Crippen molar-refractivity contribution < 1.29 is 13.2 Å². The number of ketones is 1. The van der Waals surface area contributed by atoms with Gasteiger partial charge in [-0.05, 0) is 43.3 Å². The maximum absolute atomic E-state index is 12.9. The highest BCUT2D eigenvalue weighted by atomic mass is 35.5. The number of benzene rings is 2. The summed E-state index contributed by atoms with van der Waals surface area (Å²) in [7, 11) is -3.61. The van der Waals surface area contributed by atoms with Crippen molar-refractivity contribution in [2.75, 3.05) is 31.1 Å². The van der Waals surface area contributed by atoms with Gasteiger partial charge >= 0.3 is 0 Å². The fourth-order valence-electron chi connectivity index (χ4n) is 3.44. The van der Waals surface area contributed by atoms with Crippen LogP contribution in [-0.4, -0.2) is 54.9 Å². The van der Waals surface area contributed by atoms with Gasteiger partial charge < -0.3 is 4.90 Å². The lowest BCUT2D eigenvalue weighted by Crippen LogP contribution is -2.49. The number of anilines is 1.